The highest BCUT2D eigenvalue weighted by atomic mass is 32.2. The summed E-state index contributed by atoms with van der Waals surface area (Å²) >= 11 is 1.84. The quantitative estimate of drug-likeness (QED) is 0.563. The van der Waals surface area contributed by atoms with E-state index in [9.17, 15) is 0 Å². The molecule has 1 aliphatic rings. The Bertz CT molecular complexity index is 458. The summed E-state index contributed by atoms with van der Waals surface area (Å²) in [5, 5.41) is 0. The zero-order valence-corrected chi connectivity index (χ0v) is 14.4. The van der Waals surface area contributed by atoms with E-state index in [4.69, 9.17) is 0 Å². The molecule has 0 heterocycles. The fourth-order valence-corrected chi connectivity index (χ4v) is 2.78. The summed E-state index contributed by atoms with van der Waals surface area (Å²) in [5.41, 5.74) is 4.17. The van der Waals surface area contributed by atoms with Crippen LogP contribution in [0.5, 0.6) is 0 Å². The number of hydrogen-bond donors (Lipinski definition) is 0. The second-order valence-corrected chi connectivity index (χ2v) is 7.20. The normalized spacial score (nSPS) is 23.6. The zero-order valence-electron chi connectivity index (χ0n) is 13.6. The smallest absolute Gasteiger partial charge is 0.0113 e. The van der Waals surface area contributed by atoms with Gasteiger partial charge in [-0.05, 0) is 36.5 Å². The van der Waals surface area contributed by atoms with Crippen LogP contribution in [0.4, 0.5) is 0 Å². The van der Waals surface area contributed by atoms with E-state index >= 15 is 0 Å². The zero-order chi connectivity index (χ0) is 15.2. The lowest BCUT2D eigenvalue weighted by atomic mass is 9.70. The highest BCUT2D eigenvalue weighted by Crippen LogP contribution is 2.41. The van der Waals surface area contributed by atoms with Gasteiger partial charge in [-0.1, -0.05) is 75.0 Å². The average molecular weight is 288 g/mol. The lowest BCUT2D eigenvalue weighted by Crippen LogP contribution is -2.22. The van der Waals surface area contributed by atoms with Crippen LogP contribution in [-0.2, 0) is 0 Å². The van der Waals surface area contributed by atoms with Gasteiger partial charge in [-0.15, -0.1) is 0 Å². The van der Waals surface area contributed by atoms with Crippen LogP contribution in [0, 0.1) is 11.3 Å². The molecule has 1 rings (SSSR count). The van der Waals surface area contributed by atoms with Gasteiger partial charge in [0.2, 0.25) is 0 Å². The first-order chi connectivity index (χ1) is 9.36. The van der Waals surface area contributed by atoms with Gasteiger partial charge in [0.25, 0.3) is 0 Å². The molecule has 0 bridgehead atoms. The van der Waals surface area contributed by atoms with Crippen LogP contribution in [0.15, 0.2) is 59.8 Å². The molecule has 0 saturated carbocycles. The summed E-state index contributed by atoms with van der Waals surface area (Å²) in [6, 6.07) is 0. The molecule has 1 unspecified atom stereocenters. The predicted octanol–water partition coefficient (Wildman–Crippen LogP) is 5.96. The first-order valence-electron chi connectivity index (χ1n) is 7.28. The molecule has 0 radical (unpaired) electrons. The predicted molar refractivity (Wildman–Crippen MR) is 95.2 cm³/mol. The summed E-state index contributed by atoms with van der Waals surface area (Å²) in [6.07, 6.45) is 16.5. The fourth-order valence-electron chi connectivity index (χ4n) is 2.47. The Morgan fingerprint density at radius 3 is 2.85 bits per heavy atom. The van der Waals surface area contributed by atoms with Gasteiger partial charge in [0, 0.05) is 5.75 Å². The number of thioether (sulfide) groups is 1. The highest BCUT2D eigenvalue weighted by Gasteiger charge is 2.29. The minimum Gasteiger partial charge on any atom is -0.161 e. The van der Waals surface area contributed by atoms with Crippen molar-refractivity contribution in [3.8, 4) is 0 Å². The van der Waals surface area contributed by atoms with Gasteiger partial charge in [0.1, 0.15) is 0 Å². The molecule has 1 aliphatic carbocycles. The summed E-state index contributed by atoms with van der Waals surface area (Å²) in [6.45, 7) is 13.2. The number of rotatable bonds is 5. The minimum atomic E-state index is 0.242. The number of allylic oxidation sites excluding steroid dienone is 8. The Balaban J connectivity index is 2.78. The van der Waals surface area contributed by atoms with Crippen molar-refractivity contribution in [3.05, 3.63) is 59.8 Å². The van der Waals surface area contributed by atoms with Crippen molar-refractivity contribution in [3.63, 3.8) is 0 Å². The van der Waals surface area contributed by atoms with Crippen molar-refractivity contribution in [2.24, 2.45) is 11.3 Å². The van der Waals surface area contributed by atoms with E-state index in [-0.39, 0.29) is 5.41 Å². The van der Waals surface area contributed by atoms with Gasteiger partial charge in [0.05, 0.1) is 0 Å². The van der Waals surface area contributed by atoms with Crippen LogP contribution in [0.3, 0.4) is 0 Å². The van der Waals surface area contributed by atoms with Crippen LogP contribution >= 0.6 is 11.8 Å². The van der Waals surface area contributed by atoms with Gasteiger partial charge in [-0.3, -0.25) is 0 Å². The second kappa shape index (κ2) is 7.73. The molecule has 0 spiro atoms. The summed E-state index contributed by atoms with van der Waals surface area (Å²) < 4.78 is 0. The molecule has 0 aromatic carbocycles. The molecule has 0 fully saturated rings. The third-order valence-corrected chi connectivity index (χ3v) is 4.38. The van der Waals surface area contributed by atoms with Gasteiger partial charge in [-0.2, -0.15) is 11.8 Å². The fraction of sp³-hybridized carbons (Fsp3) is 0.474. The molecule has 0 saturated heterocycles. The van der Waals surface area contributed by atoms with Crippen LogP contribution in [0.1, 0.15) is 34.1 Å². The second-order valence-electron chi connectivity index (χ2n) is 6.29. The molecule has 0 aromatic heterocycles. The van der Waals surface area contributed by atoms with Crippen molar-refractivity contribution < 1.29 is 0 Å². The van der Waals surface area contributed by atoms with E-state index in [0.717, 1.165) is 5.75 Å². The SMILES string of the molecule is C=C1C=C(/C=C/C(C)=C/C=C/CSC)C(C)(C)CC1C. The maximum absolute atomic E-state index is 4.17. The Morgan fingerprint density at radius 1 is 1.50 bits per heavy atom. The van der Waals surface area contributed by atoms with Crippen molar-refractivity contribution in [1.29, 1.82) is 0 Å². The van der Waals surface area contributed by atoms with Crippen LogP contribution < -0.4 is 0 Å². The Hall–Kier alpha value is -0.950. The first kappa shape index (κ1) is 17.1. The molecule has 0 nitrogen and oxygen atoms in total. The number of hydrogen-bond acceptors (Lipinski definition) is 1. The van der Waals surface area contributed by atoms with Crippen LogP contribution in [-0.4, -0.2) is 12.0 Å². The van der Waals surface area contributed by atoms with Gasteiger partial charge < -0.3 is 0 Å². The Labute approximate surface area is 129 Å². The molecule has 110 valence electrons. The van der Waals surface area contributed by atoms with Crippen LogP contribution in [0.2, 0.25) is 0 Å². The minimum absolute atomic E-state index is 0.242. The Morgan fingerprint density at radius 2 is 2.20 bits per heavy atom. The van der Waals surface area contributed by atoms with Crippen LogP contribution in [0.25, 0.3) is 0 Å². The van der Waals surface area contributed by atoms with Gasteiger partial charge in [-0.25, -0.2) is 0 Å². The molecular formula is C19H28S. The monoisotopic (exact) mass is 288 g/mol. The molecule has 0 aromatic rings. The Kier molecular flexibility index (Phi) is 6.61. The maximum atomic E-state index is 4.17. The van der Waals surface area contributed by atoms with E-state index < -0.39 is 0 Å². The molecule has 20 heavy (non-hydrogen) atoms. The van der Waals surface area contributed by atoms with Gasteiger partial charge >= 0.3 is 0 Å². The third kappa shape index (κ3) is 5.20. The van der Waals surface area contributed by atoms with Crippen molar-refractivity contribution >= 4 is 11.8 Å². The largest absolute Gasteiger partial charge is 0.161 e. The summed E-state index contributed by atoms with van der Waals surface area (Å²) in [5.74, 6) is 1.66. The van der Waals surface area contributed by atoms with E-state index in [1.54, 1.807) is 0 Å². The molecular weight excluding hydrogens is 260 g/mol. The lowest BCUT2D eigenvalue weighted by molar-refractivity contribution is 0.350. The van der Waals surface area contributed by atoms with E-state index in [0.29, 0.717) is 5.92 Å². The lowest BCUT2D eigenvalue weighted by Gasteiger charge is -2.35. The third-order valence-electron chi connectivity index (χ3n) is 3.86. The summed E-state index contributed by atoms with van der Waals surface area (Å²) in [4.78, 5) is 0. The van der Waals surface area contributed by atoms with Gasteiger partial charge in [0.15, 0.2) is 0 Å². The van der Waals surface area contributed by atoms with E-state index in [1.807, 2.05) is 11.8 Å². The maximum Gasteiger partial charge on any atom is 0.0113 e. The highest BCUT2D eigenvalue weighted by molar-refractivity contribution is 7.98. The molecule has 1 heteroatoms. The first-order valence-corrected chi connectivity index (χ1v) is 8.67. The molecule has 0 amide bonds. The topological polar surface area (TPSA) is 0 Å². The van der Waals surface area contributed by atoms with E-state index in [1.165, 1.54) is 23.1 Å². The van der Waals surface area contributed by atoms with Crippen molar-refractivity contribution in [2.45, 2.75) is 34.1 Å². The van der Waals surface area contributed by atoms with E-state index in [2.05, 4.69) is 77.0 Å². The van der Waals surface area contributed by atoms with Crippen molar-refractivity contribution in [1.82, 2.24) is 0 Å². The van der Waals surface area contributed by atoms with Crippen molar-refractivity contribution in [2.75, 3.05) is 12.0 Å². The molecule has 0 aliphatic heterocycles. The molecule has 0 N–H and O–H groups in total. The summed E-state index contributed by atoms with van der Waals surface area (Å²) in [7, 11) is 0. The standard InChI is InChI=1S/C19H28S/c1-15(9-7-8-12-20-6)10-11-18-13-16(2)17(3)14-19(18,4)5/h7-11,13,17H,2,12,14H2,1,3-6H3/b8-7+,11-10+,15-9+. The molecule has 1 atom stereocenters. The average Bonchev–Trinajstić information content (AvgIpc) is 2.37.